The zero-order chi connectivity index (χ0) is 22.3. The molecule has 1 aliphatic carbocycles. The van der Waals surface area contributed by atoms with Crippen molar-refractivity contribution in [3.8, 4) is 0 Å². The summed E-state index contributed by atoms with van der Waals surface area (Å²) in [5.41, 5.74) is 1.93. The van der Waals surface area contributed by atoms with Crippen LogP contribution in [0.3, 0.4) is 0 Å². The maximum Gasteiger partial charge on any atom is 0.261 e. The number of nitrogens with zero attached hydrogens (tertiary/aromatic N) is 3. The summed E-state index contributed by atoms with van der Waals surface area (Å²) in [5.74, 6) is 0.106. The summed E-state index contributed by atoms with van der Waals surface area (Å²) < 4.78 is 29.6. The van der Waals surface area contributed by atoms with Crippen molar-refractivity contribution in [2.24, 2.45) is 0 Å². The number of aromatic nitrogens is 3. The van der Waals surface area contributed by atoms with E-state index in [1.54, 1.807) is 25.4 Å². The van der Waals surface area contributed by atoms with Gasteiger partial charge in [-0.25, -0.2) is 18.7 Å². The number of fused-ring (bicyclic) bond motifs is 1. The number of halogens is 3. The van der Waals surface area contributed by atoms with E-state index in [1.807, 2.05) is 16.7 Å². The molecule has 0 bridgehead atoms. The van der Waals surface area contributed by atoms with Gasteiger partial charge in [-0.2, -0.15) is 0 Å². The van der Waals surface area contributed by atoms with Gasteiger partial charge in [-0.1, -0.05) is 6.07 Å². The van der Waals surface area contributed by atoms with Gasteiger partial charge in [0.05, 0.1) is 11.8 Å². The van der Waals surface area contributed by atoms with Crippen LogP contribution < -0.4 is 10.6 Å². The minimum absolute atomic E-state index is 0.181. The smallest absolute Gasteiger partial charge is 0.261 e. The van der Waals surface area contributed by atoms with Crippen LogP contribution in [0.4, 0.5) is 20.3 Å². The number of rotatable bonds is 6. The highest BCUT2D eigenvalue weighted by molar-refractivity contribution is 9.10. The van der Waals surface area contributed by atoms with Gasteiger partial charge in [-0.3, -0.25) is 4.79 Å². The summed E-state index contributed by atoms with van der Waals surface area (Å²) >= 11 is 3.42. The Kier molecular flexibility index (Phi) is 5.72. The van der Waals surface area contributed by atoms with Crippen molar-refractivity contribution in [3.63, 3.8) is 0 Å². The second-order valence-electron chi connectivity index (χ2n) is 8.33. The zero-order valence-corrected chi connectivity index (χ0v) is 19.1. The summed E-state index contributed by atoms with van der Waals surface area (Å²) in [5, 5.41) is 5.86. The summed E-state index contributed by atoms with van der Waals surface area (Å²) in [7, 11) is 0. The molecule has 0 unspecified atom stereocenters. The molecule has 2 N–H and O–H groups in total. The third kappa shape index (κ3) is 4.03. The molecule has 0 atom stereocenters. The van der Waals surface area contributed by atoms with Crippen molar-refractivity contribution in [3.05, 3.63) is 46.3 Å². The first-order valence-electron chi connectivity index (χ1n) is 10.2. The monoisotopic (exact) mass is 491 g/mol. The Bertz CT molecular complexity index is 1140. The lowest BCUT2D eigenvalue weighted by atomic mass is 9.77. The number of benzene rings is 1. The fourth-order valence-electron chi connectivity index (χ4n) is 3.84. The van der Waals surface area contributed by atoms with E-state index in [2.05, 4.69) is 50.4 Å². The number of anilines is 2. The Morgan fingerprint density at radius 2 is 2.00 bits per heavy atom. The van der Waals surface area contributed by atoms with Crippen LogP contribution in [0.2, 0.25) is 0 Å². The minimum atomic E-state index is -2.58. The molecule has 0 spiro atoms. The molecule has 0 saturated heterocycles. The largest absolute Gasteiger partial charge is 0.341 e. The molecule has 164 valence electrons. The molecule has 0 radical (unpaired) electrons. The molecular formula is C22H24BrF2N5O. The van der Waals surface area contributed by atoms with Crippen LogP contribution in [-0.4, -0.2) is 32.4 Å². The van der Waals surface area contributed by atoms with E-state index >= 15 is 0 Å². The molecule has 1 saturated carbocycles. The minimum Gasteiger partial charge on any atom is -0.341 e. The van der Waals surface area contributed by atoms with Crippen LogP contribution in [0.15, 0.2) is 35.2 Å². The predicted molar refractivity (Wildman–Crippen MR) is 120 cm³/mol. The number of amides is 1. The number of aryl methyl sites for hydroxylation is 1. The lowest BCUT2D eigenvalue weighted by Gasteiger charge is -2.41. The Morgan fingerprint density at radius 1 is 1.26 bits per heavy atom. The molecule has 1 aromatic carbocycles. The van der Waals surface area contributed by atoms with Gasteiger partial charge in [0.25, 0.3) is 12.3 Å². The number of alkyl halides is 2. The van der Waals surface area contributed by atoms with E-state index in [-0.39, 0.29) is 6.04 Å². The van der Waals surface area contributed by atoms with Gasteiger partial charge in [0.1, 0.15) is 15.7 Å². The molecule has 1 aliphatic rings. The molecule has 1 fully saturated rings. The van der Waals surface area contributed by atoms with Crippen molar-refractivity contribution >= 4 is 44.4 Å². The second kappa shape index (κ2) is 8.18. The average Bonchev–Trinajstić information content (AvgIpc) is 3.10. The third-order valence-electron chi connectivity index (χ3n) is 5.85. The SMILES string of the molecule is Cc1ccc(Nc2nc(Br)cc3ncn(C(C)C)c23)cc1C(=O)NC1(C(F)F)CCC1. The molecule has 3 aromatic rings. The molecule has 1 amide bonds. The van der Waals surface area contributed by atoms with Gasteiger partial charge >= 0.3 is 0 Å². The number of pyridine rings is 1. The molecule has 4 rings (SSSR count). The van der Waals surface area contributed by atoms with Crippen LogP contribution in [0.5, 0.6) is 0 Å². The molecule has 0 aliphatic heterocycles. The Balaban J connectivity index is 1.67. The summed E-state index contributed by atoms with van der Waals surface area (Å²) in [6, 6.07) is 7.33. The van der Waals surface area contributed by atoms with Crippen molar-refractivity contribution in [2.45, 2.75) is 58.0 Å². The quantitative estimate of drug-likeness (QED) is 0.431. The number of carbonyl (C=O) groups excluding carboxylic acids is 1. The number of carbonyl (C=O) groups is 1. The summed E-state index contributed by atoms with van der Waals surface area (Å²) in [6.07, 6.45) is 0.478. The van der Waals surface area contributed by atoms with Crippen LogP contribution in [-0.2, 0) is 0 Å². The summed E-state index contributed by atoms with van der Waals surface area (Å²) in [6.45, 7) is 5.90. The standard InChI is InChI=1S/C22H24BrF2N5O/c1-12(2)30-11-26-16-10-17(23)28-19(18(16)30)27-14-6-5-13(3)15(9-14)20(31)29-22(21(24)25)7-4-8-22/h5-6,9-12,21H,4,7-8H2,1-3H3,(H,27,28)(H,29,31). The maximum atomic E-state index is 13.5. The van der Waals surface area contributed by atoms with Gasteiger partial charge in [-0.05, 0) is 79.7 Å². The number of imidazole rings is 1. The predicted octanol–water partition coefficient (Wildman–Crippen LogP) is 5.74. The summed E-state index contributed by atoms with van der Waals surface area (Å²) in [4.78, 5) is 21.9. The number of hydrogen-bond acceptors (Lipinski definition) is 4. The van der Waals surface area contributed by atoms with Crippen LogP contribution in [0, 0.1) is 6.92 Å². The van der Waals surface area contributed by atoms with E-state index in [1.165, 1.54) is 0 Å². The average molecular weight is 492 g/mol. The lowest BCUT2D eigenvalue weighted by Crippen LogP contribution is -2.58. The van der Waals surface area contributed by atoms with Gasteiger partial charge in [-0.15, -0.1) is 0 Å². The van der Waals surface area contributed by atoms with E-state index < -0.39 is 17.9 Å². The van der Waals surface area contributed by atoms with Gasteiger partial charge < -0.3 is 15.2 Å². The van der Waals surface area contributed by atoms with E-state index in [0.717, 1.165) is 11.0 Å². The van der Waals surface area contributed by atoms with Gasteiger partial charge in [0.2, 0.25) is 0 Å². The zero-order valence-electron chi connectivity index (χ0n) is 17.5. The highest BCUT2D eigenvalue weighted by Crippen LogP contribution is 2.37. The van der Waals surface area contributed by atoms with Crippen molar-refractivity contribution in [2.75, 3.05) is 5.32 Å². The third-order valence-corrected chi connectivity index (χ3v) is 6.25. The number of nitrogens with one attached hydrogen (secondary N) is 2. The molecule has 9 heteroatoms. The Labute approximate surface area is 187 Å². The number of hydrogen-bond donors (Lipinski definition) is 2. The Morgan fingerprint density at radius 3 is 2.61 bits per heavy atom. The fourth-order valence-corrected chi connectivity index (χ4v) is 4.23. The Hall–Kier alpha value is -2.55. The molecule has 6 nitrogen and oxygen atoms in total. The van der Waals surface area contributed by atoms with Crippen molar-refractivity contribution < 1.29 is 13.6 Å². The van der Waals surface area contributed by atoms with E-state index in [4.69, 9.17) is 0 Å². The van der Waals surface area contributed by atoms with Gasteiger partial charge in [0.15, 0.2) is 5.82 Å². The fraction of sp³-hybridized carbons (Fsp3) is 0.409. The highest BCUT2D eigenvalue weighted by atomic mass is 79.9. The maximum absolute atomic E-state index is 13.5. The van der Waals surface area contributed by atoms with Crippen molar-refractivity contribution in [1.29, 1.82) is 0 Å². The van der Waals surface area contributed by atoms with E-state index in [0.29, 0.717) is 46.5 Å². The molecule has 2 heterocycles. The van der Waals surface area contributed by atoms with Crippen LogP contribution >= 0.6 is 15.9 Å². The molecular weight excluding hydrogens is 468 g/mol. The second-order valence-corrected chi connectivity index (χ2v) is 9.14. The molecule has 31 heavy (non-hydrogen) atoms. The van der Waals surface area contributed by atoms with Crippen molar-refractivity contribution in [1.82, 2.24) is 19.9 Å². The highest BCUT2D eigenvalue weighted by Gasteiger charge is 2.46. The normalized spacial score (nSPS) is 15.4. The first-order chi connectivity index (χ1) is 14.7. The van der Waals surface area contributed by atoms with E-state index in [9.17, 15) is 13.6 Å². The first kappa shape index (κ1) is 21.7. The first-order valence-corrected chi connectivity index (χ1v) is 11.0. The van der Waals surface area contributed by atoms with Gasteiger partial charge in [0, 0.05) is 17.3 Å². The topological polar surface area (TPSA) is 71.8 Å². The lowest BCUT2D eigenvalue weighted by molar-refractivity contribution is -0.0150. The molecule has 2 aromatic heterocycles. The van der Waals surface area contributed by atoms with Crippen LogP contribution in [0.1, 0.15) is 55.1 Å². The van der Waals surface area contributed by atoms with Crippen LogP contribution in [0.25, 0.3) is 11.0 Å².